The quantitative estimate of drug-likeness (QED) is 0.583. The van der Waals surface area contributed by atoms with Gasteiger partial charge in [-0.05, 0) is 23.8 Å². The highest BCUT2D eigenvalue weighted by molar-refractivity contribution is 5.67. The SMILES string of the molecule is CC(=O)OC[C@H]1O[C@H](c2cccc(OC(F)(F)F)c2)C=C[C@@H]1OC(C)=O. The molecule has 1 aliphatic rings. The van der Waals surface area contributed by atoms with Gasteiger partial charge in [0.2, 0.25) is 0 Å². The van der Waals surface area contributed by atoms with Crippen molar-refractivity contribution in [1.29, 1.82) is 0 Å². The topological polar surface area (TPSA) is 71.1 Å². The van der Waals surface area contributed by atoms with Gasteiger partial charge in [-0.1, -0.05) is 18.2 Å². The molecule has 0 aliphatic carbocycles. The fourth-order valence-electron chi connectivity index (χ4n) is 2.36. The summed E-state index contributed by atoms with van der Waals surface area (Å²) in [5.74, 6) is -1.47. The van der Waals surface area contributed by atoms with Crippen LogP contribution in [0.15, 0.2) is 36.4 Å². The predicted molar refractivity (Wildman–Crippen MR) is 82.1 cm³/mol. The molecule has 26 heavy (non-hydrogen) atoms. The van der Waals surface area contributed by atoms with E-state index in [4.69, 9.17) is 14.2 Å². The van der Waals surface area contributed by atoms with E-state index in [1.54, 1.807) is 18.2 Å². The van der Waals surface area contributed by atoms with Gasteiger partial charge in [-0.3, -0.25) is 9.59 Å². The molecule has 0 spiro atoms. The Kier molecular flexibility index (Phi) is 6.25. The van der Waals surface area contributed by atoms with Crippen molar-refractivity contribution >= 4 is 11.9 Å². The van der Waals surface area contributed by atoms with Crippen molar-refractivity contribution in [3.63, 3.8) is 0 Å². The molecule has 0 fully saturated rings. The zero-order valence-electron chi connectivity index (χ0n) is 14.0. The molecule has 9 heteroatoms. The minimum absolute atomic E-state index is 0.174. The lowest BCUT2D eigenvalue weighted by molar-refractivity contribution is -0.274. The summed E-state index contributed by atoms with van der Waals surface area (Å²) in [6, 6.07) is 5.32. The van der Waals surface area contributed by atoms with E-state index < -0.39 is 36.6 Å². The number of benzene rings is 1. The van der Waals surface area contributed by atoms with E-state index in [0.29, 0.717) is 5.56 Å². The second-order valence-corrected chi connectivity index (χ2v) is 5.48. The van der Waals surface area contributed by atoms with Crippen molar-refractivity contribution in [3.8, 4) is 5.75 Å². The molecule has 1 aromatic rings. The summed E-state index contributed by atoms with van der Waals surface area (Å²) >= 11 is 0. The lowest BCUT2D eigenvalue weighted by Crippen LogP contribution is -2.39. The summed E-state index contributed by atoms with van der Waals surface area (Å²) in [7, 11) is 0. The van der Waals surface area contributed by atoms with E-state index in [1.807, 2.05) is 0 Å². The Hall–Kier alpha value is -2.55. The van der Waals surface area contributed by atoms with Crippen molar-refractivity contribution in [2.45, 2.75) is 38.5 Å². The van der Waals surface area contributed by atoms with Gasteiger partial charge >= 0.3 is 18.3 Å². The Balaban J connectivity index is 2.18. The van der Waals surface area contributed by atoms with Gasteiger partial charge in [0.05, 0.1) is 0 Å². The van der Waals surface area contributed by atoms with Crippen LogP contribution in [0.1, 0.15) is 25.5 Å². The maximum Gasteiger partial charge on any atom is 0.573 e. The zero-order chi connectivity index (χ0) is 19.3. The fraction of sp³-hybridized carbons (Fsp3) is 0.412. The number of carbonyl (C=O) groups excluding carboxylic acids is 2. The number of hydrogen-bond acceptors (Lipinski definition) is 6. The lowest BCUT2D eigenvalue weighted by atomic mass is 10.0. The maximum absolute atomic E-state index is 12.4. The zero-order valence-corrected chi connectivity index (χ0v) is 14.0. The van der Waals surface area contributed by atoms with Crippen LogP contribution in [0.4, 0.5) is 13.2 Å². The van der Waals surface area contributed by atoms with Gasteiger partial charge < -0.3 is 18.9 Å². The van der Waals surface area contributed by atoms with Gasteiger partial charge in [0, 0.05) is 13.8 Å². The van der Waals surface area contributed by atoms with Crippen LogP contribution in [0.25, 0.3) is 0 Å². The maximum atomic E-state index is 12.4. The molecule has 0 amide bonds. The molecular formula is C17H17F3O6. The number of ether oxygens (including phenoxy) is 4. The van der Waals surface area contributed by atoms with E-state index in [9.17, 15) is 22.8 Å². The first kappa shape index (κ1) is 19.8. The third kappa shape index (κ3) is 6.07. The molecule has 1 aromatic carbocycles. The van der Waals surface area contributed by atoms with Crippen LogP contribution in [0, 0.1) is 0 Å². The first-order valence-corrected chi connectivity index (χ1v) is 7.64. The Bertz CT molecular complexity index is 685. The highest BCUT2D eigenvalue weighted by atomic mass is 19.4. The molecule has 3 atom stereocenters. The second kappa shape index (κ2) is 8.22. The van der Waals surface area contributed by atoms with Gasteiger partial charge in [-0.15, -0.1) is 13.2 Å². The van der Waals surface area contributed by atoms with E-state index in [0.717, 1.165) is 0 Å². The van der Waals surface area contributed by atoms with Gasteiger partial charge in [0.15, 0.2) is 0 Å². The summed E-state index contributed by atoms with van der Waals surface area (Å²) in [5, 5.41) is 0. The summed E-state index contributed by atoms with van der Waals surface area (Å²) in [5.41, 5.74) is 0.400. The molecule has 0 bridgehead atoms. The molecule has 1 heterocycles. The number of halogens is 3. The van der Waals surface area contributed by atoms with Crippen molar-refractivity contribution in [2.75, 3.05) is 6.61 Å². The van der Waals surface area contributed by atoms with Crippen molar-refractivity contribution < 1.29 is 41.7 Å². The molecule has 1 aliphatic heterocycles. The molecular weight excluding hydrogens is 357 g/mol. The van der Waals surface area contributed by atoms with Crippen LogP contribution in [0.3, 0.4) is 0 Å². The molecule has 0 saturated heterocycles. The number of alkyl halides is 3. The fourth-order valence-corrected chi connectivity index (χ4v) is 2.36. The van der Waals surface area contributed by atoms with Crippen LogP contribution in [0.2, 0.25) is 0 Å². The number of hydrogen-bond donors (Lipinski definition) is 0. The van der Waals surface area contributed by atoms with Crippen LogP contribution in [-0.4, -0.2) is 37.1 Å². The molecule has 0 saturated carbocycles. The Morgan fingerprint density at radius 3 is 2.50 bits per heavy atom. The second-order valence-electron chi connectivity index (χ2n) is 5.48. The first-order chi connectivity index (χ1) is 12.1. The minimum atomic E-state index is -4.81. The summed E-state index contributed by atoms with van der Waals surface area (Å²) < 4.78 is 56.7. The Labute approximate surface area is 147 Å². The molecule has 142 valence electrons. The van der Waals surface area contributed by atoms with Crippen LogP contribution < -0.4 is 4.74 Å². The third-order valence-electron chi connectivity index (χ3n) is 3.34. The summed E-state index contributed by atoms with van der Waals surface area (Å²) in [6.45, 7) is 2.27. The van der Waals surface area contributed by atoms with Crippen molar-refractivity contribution in [2.24, 2.45) is 0 Å². The molecule has 2 rings (SSSR count). The first-order valence-electron chi connectivity index (χ1n) is 7.64. The molecule has 0 radical (unpaired) electrons. The van der Waals surface area contributed by atoms with Crippen LogP contribution in [0.5, 0.6) is 5.75 Å². The highest BCUT2D eigenvalue weighted by Crippen LogP contribution is 2.31. The van der Waals surface area contributed by atoms with Gasteiger partial charge in [-0.2, -0.15) is 0 Å². The van der Waals surface area contributed by atoms with Gasteiger partial charge in [0.1, 0.15) is 30.7 Å². The van der Waals surface area contributed by atoms with E-state index in [1.165, 1.54) is 32.0 Å². The molecule has 0 aromatic heterocycles. The van der Waals surface area contributed by atoms with Crippen LogP contribution >= 0.6 is 0 Å². The monoisotopic (exact) mass is 374 g/mol. The number of carbonyl (C=O) groups is 2. The van der Waals surface area contributed by atoms with Gasteiger partial charge in [0.25, 0.3) is 0 Å². The third-order valence-corrected chi connectivity index (χ3v) is 3.34. The number of esters is 2. The van der Waals surface area contributed by atoms with E-state index in [2.05, 4.69) is 4.74 Å². The average Bonchev–Trinajstić information content (AvgIpc) is 2.52. The van der Waals surface area contributed by atoms with Crippen LogP contribution in [-0.2, 0) is 23.8 Å². The normalized spacial score (nSPS) is 22.6. The smallest absolute Gasteiger partial charge is 0.463 e. The largest absolute Gasteiger partial charge is 0.573 e. The van der Waals surface area contributed by atoms with Gasteiger partial charge in [-0.25, -0.2) is 0 Å². The summed E-state index contributed by atoms with van der Waals surface area (Å²) in [4.78, 5) is 22.2. The van der Waals surface area contributed by atoms with E-state index >= 15 is 0 Å². The average molecular weight is 374 g/mol. The van der Waals surface area contributed by atoms with Crippen molar-refractivity contribution in [1.82, 2.24) is 0 Å². The minimum Gasteiger partial charge on any atom is -0.463 e. The molecule has 0 unspecified atom stereocenters. The predicted octanol–water partition coefficient (Wildman–Crippen LogP) is 3.08. The number of rotatable bonds is 5. The lowest BCUT2D eigenvalue weighted by Gasteiger charge is -2.31. The highest BCUT2D eigenvalue weighted by Gasteiger charge is 2.33. The van der Waals surface area contributed by atoms with Crippen molar-refractivity contribution in [3.05, 3.63) is 42.0 Å². The Morgan fingerprint density at radius 2 is 1.88 bits per heavy atom. The summed E-state index contributed by atoms with van der Waals surface area (Å²) in [6.07, 6.45) is -4.02. The van der Waals surface area contributed by atoms with E-state index in [-0.39, 0.29) is 12.4 Å². The molecule has 0 N–H and O–H groups in total. The molecule has 6 nitrogen and oxygen atoms in total. The Morgan fingerprint density at radius 1 is 1.15 bits per heavy atom. The standard InChI is InChI=1S/C17H17F3O6/c1-10(21)23-9-16-15(24-11(2)22)7-6-14(25-16)12-4-3-5-13(8-12)26-17(18,19)20/h3-8,14-16H,9H2,1-2H3/t14-,15-,16+/m0/s1.